The second-order valence-corrected chi connectivity index (χ2v) is 39.1. The molecule has 0 aliphatic rings. The van der Waals surface area contributed by atoms with E-state index in [1.54, 1.807) is 16.7 Å². The Morgan fingerprint density at radius 2 is 0.510 bits per heavy atom. The van der Waals surface area contributed by atoms with Crippen molar-refractivity contribution in [2.24, 2.45) is 0 Å². The average molecular weight is 1530 g/mol. The van der Waals surface area contributed by atoms with Crippen LogP contribution in [0.3, 0.4) is 0 Å². The van der Waals surface area contributed by atoms with Crippen LogP contribution in [0.2, 0.25) is 0 Å². The van der Waals surface area contributed by atoms with Gasteiger partial charge in [0.25, 0.3) is 0 Å². The first kappa shape index (κ1) is 70.3. The van der Waals surface area contributed by atoms with E-state index in [1.807, 2.05) is 136 Å². The summed E-state index contributed by atoms with van der Waals surface area (Å²) >= 11 is 23.5. The van der Waals surface area contributed by atoms with Crippen LogP contribution in [-0.2, 0) is 19.3 Å². The molecule has 0 atom stereocenters. The van der Waals surface area contributed by atoms with E-state index in [0.717, 1.165) is 17.1 Å². The molecule has 512 valence electrons. The molecule has 0 bridgehead atoms. The molecule has 0 aliphatic heterocycles. The highest BCUT2D eigenvalue weighted by Crippen LogP contribution is 2.53. The van der Waals surface area contributed by atoms with Crippen molar-refractivity contribution in [3.05, 3.63) is 197 Å². The fourth-order valence-corrected chi connectivity index (χ4v) is 28.1. The van der Waals surface area contributed by atoms with Crippen LogP contribution in [0.15, 0.2) is 180 Å². The summed E-state index contributed by atoms with van der Waals surface area (Å²) in [5, 5.41) is 6.71. The van der Waals surface area contributed by atoms with Gasteiger partial charge in [-0.15, -0.1) is 136 Å². The second kappa shape index (κ2) is 34.0. The van der Waals surface area contributed by atoms with Crippen molar-refractivity contribution in [3.8, 4) is 89.8 Å². The lowest BCUT2D eigenvalue weighted by Crippen LogP contribution is -2.09. The maximum atomic E-state index is 2.49. The lowest BCUT2D eigenvalue weighted by molar-refractivity contribution is 0.590. The van der Waals surface area contributed by atoms with E-state index in [9.17, 15) is 0 Å². The first-order valence-electron chi connectivity index (χ1n) is 36.6. The summed E-state index contributed by atoms with van der Waals surface area (Å²) in [6, 6.07) is 63.2. The van der Waals surface area contributed by atoms with E-state index in [1.165, 1.54) is 272 Å². The minimum absolute atomic E-state index is 1.14. The van der Waals surface area contributed by atoms with Crippen molar-refractivity contribution in [2.45, 2.75) is 175 Å². The number of fused-ring (bicyclic) bond motifs is 3. The molecule has 0 aliphatic carbocycles. The van der Waals surface area contributed by atoms with E-state index in [-0.39, 0.29) is 0 Å². The number of aryl methyl sites for hydroxylation is 3. The zero-order valence-corrected chi connectivity index (χ0v) is 67.4. The van der Waals surface area contributed by atoms with E-state index in [4.69, 9.17) is 0 Å². The highest BCUT2D eigenvalue weighted by molar-refractivity contribution is 7.36. The fraction of sp³-hybridized carbons (Fsp3) is 0.310. The minimum Gasteiger partial charge on any atom is -0.311 e. The quantitative estimate of drug-likeness (QED) is 0.0354. The maximum absolute atomic E-state index is 2.49. The first-order valence-corrected chi connectivity index (χ1v) is 46.6. The molecule has 0 radical (unpaired) electrons. The lowest BCUT2D eigenvalue weighted by atomic mass is 10.0. The van der Waals surface area contributed by atoms with Crippen LogP contribution in [0, 0.1) is 0 Å². The van der Waals surface area contributed by atoms with Gasteiger partial charge in [0.1, 0.15) is 0 Å². The van der Waals surface area contributed by atoms with E-state index >= 15 is 0 Å². The average Bonchev–Trinajstić information content (AvgIpc) is 1.62. The third-order valence-electron chi connectivity index (χ3n) is 19.5. The van der Waals surface area contributed by atoms with Gasteiger partial charge in [-0.2, -0.15) is 0 Å². The van der Waals surface area contributed by atoms with Gasteiger partial charge < -0.3 is 4.90 Å². The fourth-order valence-electron chi connectivity index (χ4n) is 14.1. The highest BCUT2D eigenvalue weighted by Gasteiger charge is 2.24. The molecule has 1 nitrogen and oxygen atoms in total. The van der Waals surface area contributed by atoms with Crippen LogP contribution in [0.25, 0.3) is 118 Å². The highest BCUT2D eigenvalue weighted by atomic mass is 32.1. The SMILES string of the molecule is CCCCCCCCCc1c(-c2cccs2)sc2cc(-c3ccc(-c4ccc(N(c5ccc(-c6ccc(-c7cc8sc(-c9cccs9)c(CCCCCCCCC)c8s7)s6)cc5)c5ccc(-c6ccc(-c7cc8sc(-c9cccs9)c(CCCCCCCCC)c8s7)s6)cc5)cc4)s3)sc12. The van der Waals surface area contributed by atoms with E-state index in [0.29, 0.717) is 0 Å². The van der Waals surface area contributed by atoms with Crippen LogP contribution >= 0.6 is 136 Å². The summed E-state index contributed by atoms with van der Waals surface area (Å²) in [4.78, 5) is 23.3. The molecule has 0 saturated carbocycles. The molecule has 15 aromatic rings. The topological polar surface area (TPSA) is 3.24 Å². The Hall–Kier alpha value is -5.36. The van der Waals surface area contributed by atoms with Gasteiger partial charge in [-0.1, -0.05) is 191 Å². The number of benzene rings is 3. The van der Waals surface area contributed by atoms with Gasteiger partial charge in [-0.3, -0.25) is 0 Å². The maximum Gasteiger partial charge on any atom is 0.0496 e. The van der Waals surface area contributed by atoms with Crippen molar-refractivity contribution >= 4 is 181 Å². The molecule has 13 heteroatoms. The summed E-state index contributed by atoms with van der Waals surface area (Å²) in [6.07, 6.45) is 31.6. The van der Waals surface area contributed by atoms with Crippen LogP contribution < -0.4 is 4.90 Å². The minimum atomic E-state index is 1.14. The standard InChI is InChI=1S/C87H87NS12/c1-4-7-10-13-16-19-22-28-64-82(73-31-25-52-89-73)98-79-55-76(95-85(64)79)70-49-46-67(92-70)58-34-40-61(41-35-58)88(62-42-36-59(37-43-62)68-47-50-71(93-68)77-56-80-86(96-77)65(29-23-20-17-14-11-8-5-2)83(99-80)74-32-26-53-90-74)63-44-38-60(39-45-63)69-48-51-72(94-69)78-57-81-87(97-78)66(30-24-21-18-15-12-9-6-3)84(100-81)75-33-27-54-91-75/h25-27,31-57H,4-24,28-30H2,1-3H3. The Balaban J connectivity index is 0.692. The van der Waals surface area contributed by atoms with Gasteiger partial charge >= 0.3 is 0 Å². The molecule has 0 saturated heterocycles. The van der Waals surface area contributed by atoms with Crippen molar-refractivity contribution in [3.63, 3.8) is 0 Å². The molecule has 3 aromatic carbocycles. The molecule has 0 unspecified atom stereocenters. The summed E-state index contributed by atoms with van der Waals surface area (Å²) < 4.78 is 8.83. The monoisotopic (exact) mass is 1530 g/mol. The van der Waals surface area contributed by atoms with Gasteiger partial charge in [0.15, 0.2) is 0 Å². The van der Waals surface area contributed by atoms with Crippen molar-refractivity contribution in [1.82, 2.24) is 0 Å². The Morgan fingerprint density at radius 1 is 0.240 bits per heavy atom. The summed E-state index contributed by atoms with van der Waals surface area (Å²) in [6.45, 7) is 6.93. The van der Waals surface area contributed by atoms with Crippen molar-refractivity contribution < 1.29 is 0 Å². The zero-order valence-electron chi connectivity index (χ0n) is 57.6. The molecule has 15 rings (SSSR count). The number of rotatable bonds is 36. The predicted molar refractivity (Wildman–Crippen MR) is 462 cm³/mol. The number of hydrogen-bond acceptors (Lipinski definition) is 13. The Kier molecular flexibility index (Phi) is 23.9. The zero-order chi connectivity index (χ0) is 67.6. The van der Waals surface area contributed by atoms with Gasteiger partial charge in [0.2, 0.25) is 0 Å². The smallest absolute Gasteiger partial charge is 0.0496 e. The molecule has 0 N–H and O–H groups in total. The number of hydrogen-bond donors (Lipinski definition) is 0. The molecule has 0 spiro atoms. The first-order chi connectivity index (χ1) is 49.4. The largest absolute Gasteiger partial charge is 0.311 e. The van der Waals surface area contributed by atoms with E-state index in [2.05, 4.69) is 206 Å². The third-order valence-corrected chi connectivity index (χ3v) is 34.1. The van der Waals surface area contributed by atoms with Gasteiger partial charge in [-0.25, -0.2) is 0 Å². The molecule has 12 aromatic heterocycles. The van der Waals surface area contributed by atoms with Gasteiger partial charge in [-0.05, 0) is 197 Å². The normalized spacial score (nSPS) is 11.9. The molecule has 12 heterocycles. The van der Waals surface area contributed by atoms with Crippen LogP contribution in [-0.4, -0.2) is 0 Å². The Bertz CT molecular complexity index is 4490. The number of anilines is 3. The van der Waals surface area contributed by atoms with Gasteiger partial charge in [0.05, 0.1) is 0 Å². The number of nitrogens with zero attached hydrogens (tertiary/aromatic N) is 1. The Morgan fingerprint density at radius 3 is 0.780 bits per heavy atom. The molecular weight excluding hydrogens is 1440 g/mol. The summed E-state index contributed by atoms with van der Waals surface area (Å²) in [5.74, 6) is 0. The third kappa shape index (κ3) is 16.1. The number of unbranched alkanes of at least 4 members (excludes halogenated alkanes) is 18. The van der Waals surface area contributed by atoms with Crippen molar-refractivity contribution in [1.29, 1.82) is 0 Å². The van der Waals surface area contributed by atoms with E-state index < -0.39 is 0 Å². The molecule has 0 fully saturated rings. The molecule has 100 heavy (non-hydrogen) atoms. The second-order valence-electron chi connectivity index (χ2n) is 26.7. The van der Waals surface area contributed by atoms with Crippen LogP contribution in [0.5, 0.6) is 0 Å². The summed E-state index contributed by atoms with van der Waals surface area (Å²) in [7, 11) is 0. The number of thiophene rings is 12. The lowest BCUT2D eigenvalue weighted by Gasteiger charge is -2.26. The van der Waals surface area contributed by atoms with Crippen LogP contribution in [0.4, 0.5) is 17.1 Å². The molecular formula is C87H87NS12. The van der Waals surface area contributed by atoms with Crippen LogP contribution in [0.1, 0.15) is 172 Å². The Labute approximate surface area is 640 Å². The van der Waals surface area contributed by atoms with Gasteiger partial charge in [0, 0.05) is 118 Å². The summed E-state index contributed by atoms with van der Waals surface area (Å²) in [5.41, 5.74) is 11.9. The predicted octanol–water partition coefficient (Wildman–Crippen LogP) is 34.2. The van der Waals surface area contributed by atoms with Crippen molar-refractivity contribution in [2.75, 3.05) is 4.90 Å². The molecule has 0 amide bonds.